The monoisotopic (exact) mass is 305 g/mol. The molecule has 7 heteroatoms. The second-order valence-electron chi connectivity index (χ2n) is 5.29. The van der Waals surface area contributed by atoms with Gasteiger partial charge in [-0.15, -0.1) is 11.3 Å². The van der Waals surface area contributed by atoms with E-state index in [2.05, 4.69) is 30.5 Å². The van der Waals surface area contributed by atoms with Crippen molar-refractivity contribution in [1.82, 2.24) is 20.3 Å². The Morgan fingerprint density at radius 2 is 2.48 bits per heavy atom. The molecule has 112 valence electrons. The first-order chi connectivity index (χ1) is 10.2. The third-order valence-corrected chi connectivity index (χ3v) is 4.58. The van der Waals surface area contributed by atoms with Gasteiger partial charge < -0.3 is 15.2 Å². The second kappa shape index (κ2) is 6.36. The molecule has 1 saturated heterocycles. The topological polar surface area (TPSA) is 73.9 Å². The fourth-order valence-electron chi connectivity index (χ4n) is 2.62. The first kappa shape index (κ1) is 14.2. The van der Waals surface area contributed by atoms with Gasteiger partial charge in [0.15, 0.2) is 5.82 Å². The van der Waals surface area contributed by atoms with Crippen LogP contribution < -0.4 is 15.8 Å². The highest BCUT2D eigenvalue weighted by Crippen LogP contribution is 2.15. The smallest absolute Gasteiger partial charge is 0.290 e. The van der Waals surface area contributed by atoms with Crippen LogP contribution in [0, 0.1) is 6.92 Å². The number of H-pyrrole nitrogens is 1. The van der Waals surface area contributed by atoms with Crippen LogP contribution in [-0.4, -0.2) is 34.1 Å². The van der Waals surface area contributed by atoms with E-state index in [-0.39, 0.29) is 5.56 Å². The van der Waals surface area contributed by atoms with Crippen LogP contribution in [0.15, 0.2) is 22.6 Å². The molecule has 6 nitrogen and oxygen atoms in total. The molecule has 0 unspecified atom stereocenters. The number of aryl methyl sites for hydroxylation is 1. The van der Waals surface area contributed by atoms with Gasteiger partial charge in [0.25, 0.3) is 5.56 Å². The predicted molar refractivity (Wildman–Crippen MR) is 83.8 cm³/mol. The van der Waals surface area contributed by atoms with E-state index in [1.165, 1.54) is 0 Å². The van der Waals surface area contributed by atoms with Gasteiger partial charge in [-0.3, -0.25) is 4.79 Å². The molecule has 0 aliphatic carbocycles. The molecule has 3 rings (SSSR count). The lowest BCUT2D eigenvalue weighted by Gasteiger charge is -2.33. The van der Waals surface area contributed by atoms with Crippen molar-refractivity contribution in [3.05, 3.63) is 38.8 Å². The Kier molecular flexibility index (Phi) is 4.31. The fraction of sp³-hybridized carbons (Fsp3) is 0.500. The van der Waals surface area contributed by atoms with Crippen LogP contribution >= 0.6 is 11.3 Å². The van der Waals surface area contributed by atoms with Crippen LogP contribution in [0.25, 0.3) is 0 Å². The molecule has 0 amide bonds. The maximum absolute atomic E-state index is 11.8. The second-order valence-corrected chi connectivity index (χ2v) is 6.23. The van der Waals surface area contributed by atoms with Crippen molar-refractivity contribution in [2.24, 2.45) is 0 Å². The standard InChI is InChI=1S/C14H19N5OS/c1-10-9-21-12(18-10)7-17-11-3-2-6-19(8-11)13-14(20)16-5-4-15-13/h4-5,9,11,17H,2-3,6-8H2,1H3,(H,16,20)/t11-/m1/s1. The van der Waals surface area contributed by atoms with E-state index in [1.54, 1.807) is 23.7 Å². The molecule has 2 aromatic rings. The van der Waals surface area contributed by atoms with E-state index >= 15 is 0 Å². The number of anilines is 1. The lowest BCUT2D eigenvalue weighted by Crippen LogP contribution is -2.47. The maximum Gasteiger partial charge on any atom is 0.290 e. The zero-order chi connectivity index (χ0) is 14.7. The number of piperidine rings is 1. The van der Waals surface area contributed by atoms with Gasteiger partial charge in [-0.25, -0.2) is 9.97 Å². The molecule has 1 atom stereocenters. The van der Waals surface area contributed by atoms with Gasteiger partial charge in [-0.05, 0) is 19.8 Å². The summed E-state index contributed by atoms with van der Waals surface area (Å²) in [6.07, 6.45) is 5.37. The summed E-state index contributed by atoms with van der Waals surface area (Å²) in [5.41, 5.74) is 0.954. The molecule has 1 fully saturated rings. The Morgan fingerprint density at radius 3 is 3.24 bits per heavy atom. The van der Waals surface area contributed by atoms with Crippen LogP contribution in [0.4, 0.5) is 5.82 Å². The summed E-state index contributed by atoms with van der Waals surface area (Å²) in [4.78, 5) is 25.2. The maximum atomic E-state index is 11.8. The number of aromatic amines is 1. The minimum absolute atomic E-state index is 0.117. The zero-order valence-electron chi connectivity index (χ0n) is 12.0. The first-order valence-electron chi connectivity index (χ1n) is 7.15. The molecule has 1 aliphatic rings. The molecule has 3 heterocycles. The minimum atomic E-state index is -0.117. The zero-order valence-corrected chi connectivity index (χ0v) is 12.8. The molecule has 0 spiro atoms. The summed E-state index contributed by atoms with van der Waals surface area (Å²) < 4.78 is 0. The summed E-state index contributed by atoms with van der Waals surface area (Å²) >= 11 is 1.68. The Bertz CT molecular complexity index is 653. The number of nitrogens with one attached hydrogen (secondary N) is 2. The minimum Gasteiger partial charge on any atom is -0.350 e. The van der Waals surface area contributed by atoms with Crippen molar-refractivity contribution < 1.29 is 0 Å². The van der Waals surface area contributed by atoms with Gasteiger partial charge in [0, 0.05) is 49.1 Å². The van der Waals surface area contributed by atoms with E-state index in [4.69, 9.17) is 0 Å². The fourth-order valence-corrected chi connectivity index (χ4v) is 3.34. The van der Waals surface area contributed by atoms with Crippen molar-refractivity contribution in [1.29, 1.82) is 0 Å². The number of rotatable bonds is 4. The number of nitrogens with zero attached hydrogens (tertiary/aromatic N) is 3. The van der Waals surface area contributed by atoms with Crippen LogP contribution in [0.5, 0.6) is 0 Å². The summed E-state index contributed by atoms with van der Waals surface area (Å²) in [5.74, 6) is 0.522. The Labute approximate surface area is 127 Å². The van der Waals surface area contributed by atoms with Crippen LogP contribution in [0.2, 0.25) is 0 Å². The van der Waals surface area contributed by atoms with E-state index in [0.29, 0.717) is 11.9 Å². The van der Waals surface area contributed by atoms with Crippen molar-refractivity contribution in [2.75, 3.05) is 18.0 Å². The molecule has 0 saturated carbocycles. The van der Waals surface area contributed by atoms with Gasteiger partial charge in [0.2, 0.25) is 0 Å². The molecule has 1 aliphatic heterocycles. The molecular weight excluding hydrogens is 286 g/mol. The van der Waals surface area contributed by atoms with Crippen molar-refractivity contribution in [3.8, 4) is 0 Å². The van der Waals surface area contributed by atoms with E-state index in [1.807, 2.05) is 6.92 Å². The summed E-state index contributed by atoms with van der Waals surface area (Å²) in [6, 6.07) is 0.365. The van der Waals surface area contributed by atoms with Crippen molar-refractivity contribution in [2.45, 2.75) is 32.4 Å². The highest BCUT2D eigenvalue weighted by atomic mass is 32.1. The van der Waals surface area contributed by atoms with Crippen LogP contribution in [0.3, 0.4) is 0 Å². The lowest BCUT2D eigenvalue weighted by molar-refractivity contribution is 0.419. The van der Waals surface area contributed by atoms with Crippen LogP contribution in [-0.2, 0) is 6.54 Å². The van der Waals surface area contributed by atoms with Crippen molar-refractivity contribution in [3.63, 3.8) is 0 Å². The van der Waals surface area contributed by atoms with Gasteiger partial charge in [-0.1, -0.05) is 0 Å². The first-order valence-corrected chi connectivity index (χ1v) is 8.03. The molecule has 0 bridgehead atoms. The molecular formula is C14H19N5OS. The number of thiazole rings is 1. The third kappa shape index (κ3) is 3.48. The quantitative estimate of drug-likeness (QED) is 0.890. The highest BCUT2D eigenvalue weighted by molar-refractivity contribution is 7.09. The van der Waals surface area contributed by atoms with E-state index < -0.39 is 0 Å². The van der Waals surface area contributed by atoms with E-state index in [0.717, 1.165) is 43.2 Å². The normalized spacial score (nSPS) is 18.9. The van der Waals surface area contributed by atoms with Gasteiger partial charge >= 0.3 is 0 Å². The average molecular weight is 305 g/mol. The highest BCUT2D eigenvalue weighted by Gasteiger charge is 2.22. The summed E-state index contributed by atoms with van der Waals surface area (Å²) in [6.45, 7) is 4.49. The summed E-state index contributed by atoms with van der Waals surface area (Å²) in [5, 5.41) is 6.72. The largest absolute Gasteiger partial charge is 0.350 e. The Morgan fingerprint density at radius 1 is 1.57 bits per heavy atom. The average Bonchev–Trinajstić information content (AvgIpc) is 2.92. The molecule has 2 N–H and O–H groups in total. The summed E-state index contributed by atoms with van der Waals surface area (Å²) in [7, 11) is 0. The van der Waals surface area contributed by atoms with Crippen LogP contribution in [0.1, 0.15) is 23.5 Å². The molecule has 0 aromatic carbocycles. The Hall–Kier alpha value is -1.73. The molecule has 2 aromatic heterocycles. The molecule has 21 heavy (non-hydrogen) atoms. The van der Waals surface area contributed by atoms with Crippen molar-refractivity contribution >= 4 is 17.2 Å². The van der Waals surface area contributed by atoms with Gasteiger partial charge in [-0.2, -0.15) is 0 Å². The number of hydrogen-bond donors (Lipinski definition) is 2. The molecule has 0 radical (unpaired) electrons. The lowest BCUT2D eigenvalue weighted by atomic mass is 10.1. The van der Waals surface area contributed by atoms with Gasteiger partial charge in [0.05, 0.1) is 0 Å². The third-order valence-electron chi connectivity index (χ3n) is 3.62. The SMILES string of the molecule is Cc1csc(CN[C@@H]2CCCN(c3ncc[nH]c3=O)C2)n1. The number of aromatic nitrogens is 3. The van der Waals surface area contributed by atoms with E-state index in [9.17, 15) is 4.79 Å². The Balaban J connectivity index is 1.61. The van der Waals surface area contributed by atoms with Gasteiger partial charge in [0.1, 0.15) is 5.01 Å². The number of hydrogen-bond acceptors (Lipinski definition) is 6. The predicted octanol–water partition coefficient (Wildman–Crippen LogP) is 1.29.